The van der Waals surface area contributed by atoms with Gasteiger partial charge in [-0.2, -0.15) is 0 Å². The van der Waals surface area contributed by atoms with Gasteiger partial charge in [-0.15, -0.1) is 0 Å². The Kier molecular flexibility index (Phi) is 3.19. The van der Waals surface area contributed by atoms with Gasteiger partial charge in [0.2, 0.25) is 0 Å². The monoisotopic (exact) mass is 293 g/mol. The van der Waals surface area contributed by atoms with Gasteiger partial charge in [0.15, 0.2) is 6.10 Å². The first-order valence-electron chi connectivity index (χ1n) is 5.80. The molecule has 0 fully saturated rings. The lowest BCUT2D eigenvalue weighted by Crippen LogP contribution is -2.10. The van der Waals surface area contributed by atoms with Crippen LogP contribution in [0.2, 0.25) is 0 Å². The largest absolute Gasteiger partial charge is 0.378 e. The highest BCUT2D eigenvalue weighted by Crippen LogP contribution is 2.38. The van der Waals surface area contributed by atoms with E-state index in [9.17, 15) is 18.7 Å². The number of hydrogen-bond donors (Lipinski definition) is 2. The molecule has 1 amide bonds. The Morgan fingerprint density at radius 1 is 1.15 bits per heavy atom. The van der Waals surface area contributed by atoms with Crippen molar-refractivity contribution in [2.75, 3.05) is 5.32 Å². The molecule has 3 rings (SSSR count). The second-order valence-corrected chi connectivity index (χ2v) is 5.43. The molecule has 2 N–H and O–H groups in total. The van der Waals surface area contributed by atoms with Gasteiger partial charge in [-0.1, -0.05) is 11.8 Å². The molecular formula is C14H9F2NO2S. The highest BCUT2D eigenvalue weighted by Gasteiger charge is 2.29. The molecule has 1 aliphatic heterocycles. The van der Waals surface area contributed by atoms with E-state index in [-0.39, 0.29) is 11.4 Å². The van der Waals surface area contributed by atoms with Crippen LogP contribution in [-0.4, -0.2) is 11.0 Å². The number of anilines is 1. The number of benzene rings is 2. The first kappa shape index (κ1) is 13.1. The van der Waals surface area contributed by atoms with Crippen LogP contribution in [0.1, 0.15) is 11.7 Å². The van der Waals surface area contributed by atoms with Crippen LogP contribution in [0, 0.1) is 11.6 Å². The van der Waals surface area contributed by atoms with Crippen molar-refractivity contribution in [3.63, 3.8) is 0 Å². The fourth-order valence-electron chi connectivity index (χ4n) is 1.95. The molecule has 102 valence electrons. The summed E-state index contributed by atoms with van der Waals surface area (Å²) in [6.07, 6.45) is -1.33. The molecule has 0 radical (unpaired) electrons. The van der Waals surface area contributed by atoms with Gasteiger partial charge in [0.25, 0.3) is 5.91 Å². The zero-order chi connectivity index (χ0) is 14.3. The van der Waals surface area contributed by atoms with Crippen LogP contribution in [0.4, 0.5) is 14.5 Å². The summed E-state index contributed by atoms with van der Waals surface area (Å²) in [5.41, 5.74) is 0.629. The molecule has 1 atom stereocenters. The van der Waals surface area contributed by atoms with Crippen LogP contribution in [0.3, 0.4) is 0 Å². The molecule has 1 unspecified atom stereocenters. The maximum absolute atomic E-state index is 14.0. The molecule has 1 heterocycles. The number of nitrogens with one attached hydrogen (secondary N) is 1. The van der Waals surface area contributed by atoms with E-state index < -0.39 is 17.8 Å². The normalized spacial score (nSPS) is 16.9. The van der Waals surface area contributed by atoms with Gasteiger partial charge in [0.05, 0.1) is 4.90 Å². The number of carbonyl (C=O) groups excluding carboxylic acids is 1. The average molecular weight is 293 g/mol. The summed E-state index contributed by atoms with van der Waals surface area (Å²) in [6, 6.07) is 8.27. The summed E-state index contributed by atoms with van der Waals surface area (Å²) in [7, 11) is 0. The van der Waals surface area contributed by atoms with Crippen molar-refractivity contribution in [3.05, 3.63) is 53.6 Å². The summed E-state index contributed by atoms with van der Waals surface area (Å²) < 4.78 is 26.8. The number of halogens is 2. The number of rotatable bonds is 2. The number of carbonyl (C=O) groups is 1. The van der Waals surface area contributed by atoms with E-state index >= 15 is 0 Å². The molecule has 0 spiro atoms. The summed E-state index contributed by atoms with van der Waals surface area (Å²) >= 11 is 1.12. The zero-order valence-electron chi connectivity index (χ0n) is 10.1. The van der Waals surface area contributed by atoms with Crippen LogP contribution in [-0.2, 0) is 4.79 Å². The van der Waals surface area contributed by atoms with E-state index in [0.717, 1.165) is 17.8 Å². The van der Waals surface area contributed by atoms with E-state index in [1.54, 1.807) is 12.1 Å². The average Bonchev–Trinajstić information content (AvgIpc) is 2.69. The van der Waals surface area contributed by atoms with Gasteiger partial charge >= 0.3 is 0 Å². The van der Waals surface area contributed by atoms with Crippen molar-refractivity contribution in [3.8, 4) is 0 Å². The molecule has 0 aromatic heterocycles. The number of amides is 1. The van der Waals surface area contributed by atoms with E-state index in [1.165, 1.54) is 18.2 Å². The molecule has 0 bridgehead atoms. The lowest BCUT2D eigenvalue weighted by Gasteiger charge is -2.07. The van der Waals surface area contributed by atoms with Gasteiger partial charge in [0.1, 0.15) is 11.6 Å². The number of fused-ring (bicyclic) bond motifs is 1. The third kappa shape index (κ3) is 2.28. The minimum absolute atomic E-state index is 0.232. The third-order valence-corrected chi connectivity index (χ3v) is 3.99. The van der Waals surface area contributed by atoms with E-state index in [4.69, 9.17) is 0 Å². The van der Waals surface area contributed by atoms with Crippen molar-refractivity contribution in [1.82, 2.24) is 0 Å². The topological polar surface area (TPSA) is 49.3 Å². The smallest absolute Gasteiger partial charge is 0.257 e. The standard InChI is InChI=1S/C14H9F2NO2S/c15-7-1-3-8(4-2-7)20-12-6-11-9(5-10(12)16)13(18)14(19)17-11/h1-6,13,18H,(H,17,19). The number of aliphatic hydroxyl groups excluding tert-OH is 1. The molecule has 0 saturated heterocycles. The molecule has 2 aromatic rings. The molecule has 1 aliphatic rings. The third-order valence-electron chi connectivity index (χ3n) is 2.95. The highest BCUT2D eigenvalue weighted by atomic mass is 32.2. The molecule has 0 aliphatic carbocycles. The van der Waals surface area contributed by atoms with Crippen molar-refractivity contribution >= 4 is 23.4 Å². The lowest BCUT2D eigenvalue weighted by molar-refractivity contribution is -0.123. The second-order valence-electron chi connectivity index (χ2n) is 4.32. The van der Waals surface area contributed by atoms with Crippen molar-refractivity contribution in [2.24, 2.45) is 0 Å². The zero-order valence-corrected chi connectivity index (χ0v) is 10.9. The van der Waals surface area contributed by atoms with Gasteiger partial charge in [-0.25, -0.2) is 8.78 Å². The molecular weight excluding hydrogens is 284 g/mol. The highest BCUT2D eigenvalue weighted by molar-refractivity contribution is 7.99. The SMILES string of the molecule is O=C1Nc2cc(Sc3ccc(F)cc3)c(F)cc2C1O. The Morgan fingerprint density at radius 2 is 1.85 bits per heavy atom. The lowest BCUT2D eigenvalue weighted by atomic mass is 10.1. The van der Waals surface area contributed by atoms with Crippen molar-refractivity contribution in [2.45, 2.75) is 15.9 Å². The maximum atomic E-state index is 14.0. The number of hydrogen-bond acceptors (Lipinski definition) is 3. The second kappa shape index (κ2) is 4.88. The molecule has 2 aromatic carbocycles. The van der Waals surface area contributed by atoms with Crippen LogP contribution in [0.25, 0.3) is 0 Å². The van der Waals surface area contributed by atoms with Gasteiger partial charge in [-0.05, 0) is 36.4 Å². The Balaban J connectivity index is 1.94. The Hall–Kier alpha value is -1.92. The van der Waals surface area contributed by atoms with Crippen LogP contribution < -0.4 is 5.32 Å². The Morgan fingerprint density at radius 3 is 2.55 bits per heavy atom. The summed E-state index contributed by atoms with van der Waals surface area (Å²) in [4.78, 5) is 12.3. The van der Waals surface area contributed by atoms with E-state index in [1.807, 2.05) is 0 Å². The number of aliphatic hydroxyl groups is 1. The molecule has 3 nitrogen and oxygen atoms in total. The van der Waals surface area contributed by atoms with Crippen LogP contribution in [0.5, 0.6) is 0 Å². The van der Waals surface area contributed by atoms with E-state index in [2.05, 4.69) is 5.32 Å². The van der Waals surface area contributed by atoms with Crippen molar-refractivity contribution in [1.29, 1.82) is 0 Å². The molecule has 20 heavy (non-hydrogen) atoms. The summed E-state index contributed by atoms with van der Waals surface area (Å²) in [6.45, 7) is 0. The summed E-state index contributed by atoms with van der Waals surface area (Å²) in [5.74, 6) is -1.46. The fraction of sp³-hybridized carbons (Fsp3) is 0.0714. The predicted octanol–water partition coefficient (Wildman–Crippen LogP) is 3.10. The Labute approximate surface area is 117 Å². The van der Waals surface area contributed by atoms with Gasteiger partial charge in [0, 0.05) is 16.1 Å². The van der Waals surface area contributed by atoms with E-state index in [0.29, 0.717) is 15.5 Å². The first-order chi connectivity index (χ1) is 9.54. The van der Waals surface area contributed by atoms with Gasteiger partial charge < -0.3 is 10.4 Å². The van der Waals surface area contributed by atoms with Crippen molar-refractivity contribution < 1.29 is 18.7 Å². The quantitative estimate of drug-likeness (QED) is 0.894. The minimum atomic E-state index is -1.33. The summed E-state index contributed by atoms with van der Waals surface area (Å²) in [5, 5.41) is 12.0. The molecule has 6 heteroatoms. The predicted molar refractivity (Wildman–Crippen MR) is 70.5 cm³/mol. The Bertz CT molecular complexity index is 688. The maximum Gasteiger partial charge on any atom is 0.257 e. The van der Waals surface area contributed by atoms with Crippen LogP contribution >= 0.6 is 11.8 Å². The molecule has 0 saturated carbocycles. The van der Waals surface area contributed by atoms with Crippen LogP contribution in [0.15, 0.2) is 46.2 Å². The van der Waals surface area contributed by atoms with Gasteiger partial charge in [-0.3, -0.25) is 4.79 Å². The first-order valence-corrected chi connectivity index (χ1v) is 6.62. The fourth-order valence-corrected chi connectivity index (χ4v) is 2.81. The minimum Gasteiger partial charge on any atom is -0.378 e.